The zero-order chi connectivity index (χ0) is 14.4. The van der Waals surface area contributed by atoms with Crippen molar-refractivity contribution in [3.8, 4) is 6.07 Å². The van der Waals surface area contributed by atoms with Crippen LogP contribution < -0.4 is 5.32 Å². The molecule has 7 nitrogen and oxygen atoms in total. The molecule has 1 aromatic carbocycles. The molecule has 0 bridgehead atoms. The molecule has 0 fully saturated rings. The van der Waals surface area contributed by atoms with Crippen LogP contribution in [0.4, 0.5) is 11.4 Å². The average Bonchev–Trinajstić information content (AvgIpc) is 2.39. The Hall–Kier alpha value is -2.88. The first-order valence-electron chi connectivity index (χ1n) is 5.20. The minimum Gasteiger partial charge on any atom is -0.465 e. The minimum atomic E-state index is -0.741. The summed E-state index contributed by atoms with van der Waals surface area (Å²) >= 11 is 0. The van der Waals surface area contributed by atoms with E-state index in [1.165, 1.54) is 38.3 Å². The number of benzene rings is 1. The van der Waals surface area contributed by atoms with Gasteiger partial charge in [-0.25, -0.2) is 4.79 Å². The summed E-state index contributed by atoms with van der Waals surface area (Å²) in [5, 5.41) is 22.2. The second-order valence-electron chi connectivity index (χ2n) is 3.53. The topological polar surface area (TPSA) is 105 Å². The van der Waals surface area contributed by atoms with Crippen LogP contribution in [-0.2, 0) is 9.53 Å². The number of carbonyl (C=O) groups excluding carboxylic acids is 1. The molecular weight excluding hydrogens is 250 g/mol. The summed E-state index contributed by atoms with van der Waals surface area (Å²) in [4.78, 5) is 21.3. The van der Waals surface area contributed by atoms with E-state index in [-0.39, 0.29) is 11.3 Å². The van der Waals surface area contributed by atoms with Crippen LogP contribution in [0.1, 0.15) is 6.92 Å². The Morgan fingerprint density at radius 3 is 2.42 bits per heavy atom. The van der Waals surface area contributed by atoms with Gasteiger partial charge in [0.1, 0.15) is 6.07 Å². The molecule has 0 unspecified atom stereocenters. The molecule has 19 heavy (non-hydrogen) atoms. The molecule has 0 amide bonds. The van der Waals surface area contributed by atoms with Gasteiger partial charge >= 0.3 is 5.97 Å². The second-order valence-corrected chi connectivity index (χ2v) is 3.53. The molecule has 0 aromatic heterocycles. The molecule has 1 aromatic rings. The van der Waals surface area contributed by atoms with Gasteiger partial charge in [-0.1, -0.05) is 0 Å². The fraction of sp³-hybridized carbons (Fsp3) is 0.167. The first-order valence-corrected chi connectivity index (χ1v) is 5.20. The normalized spacial score (nSPS) is 11.0. The van der Waals surface area contributed by atoms with Crippen molar-refractivity contribution in [3.05, 3.63) is 45.6 Å². The van der Waals surface area contributed by atoms with Crippen LogP contribution in [0.15, 0.2) is 35.5 Å². The lowest BCUT2D eigenvalue weighted by molar-refractivity contribution is -0.384. The number of rotatable bonds is 4. The molecule has 0 saturated heterocycles. The lowest BCUT2D eigenvalue weighted by Gasteiger charge is -2.07. The first kappa shape index (κ1) is 14.2. The highest BCUT2D eigenvalue weighted by Gasteiger charge is 2.13. The Kier molecular flexibility index (Phi) is 4.60. The van der Waals surface area contributed by atoms with Gasteiger partial charge in [-0.3, -0.25) is 10.1 Å². The van der Waals surface area contributed by atoms with Gasteiger partial charge in [-0.2, -0.15) is 5.26 Å². The van der Waals surface area contributed by atoms with Crippen molar-refractivity contribution in [2.75, 3.05) is 12.4 Å². The van der Waals surface area contributed by atoms with Crippen LogP contribution in [0, 0.1) is 21.4 Å². The summed E-state index contributed by atoms with van der Waals surface area (Å²) in [6.45, 7) is 1.54. The number of ether oxygens (including phenoxy) is 1. The van der Waals surface area contributed by atoms with E-state index in [1.54, 1.807) is 6.07 Å². The predicted octanol–water partition coefficient (Wildman–Crippen LogP) is 1.98. The van der Waals surface area contributed by atoms with Crippen molar-refractivity contribution in [2.24, 2.45) is 0 Å². The van der Waals surface area contributed by atoms with Crippen LogP contribution >= 0.6 is 0 Å². The van der Waals surface area contributed by atoms with Crippen LogP contribution in [-0.4, -0.2) is 18.0 Å². The minimum absolute atomic E-state index is 0.0411. The summed E-state index contributed by atoms with van der Waals surface area (Å²) < 4.78 is 4.46. The molecule has 0 atom stereocenters. The number of allylic oxidation sites excluding steroid dienone is 1. The number of hydrogen-bond donors (Lipinski definition) is 1. The van der Waals surface area contributed by atoms with Crippen molar-refractivity contribution in [1.29, 1.82) is 5.26 Å². The van der Waals surface area contributed by atoms with Gasteiger partial charge in [0.25, 0.3) is 5.69 Å². The Balaban J connectivity index is 2.96. The third-order valence-electron chi connectivity index (χ3n) is 2.29. The van der Waals surface area contributed by atoms with Gasteiger partial charge < -0.3 is 10.1 Å². The number of nitro groups is 1. The standard InChI is InChI=1S/C12H11N3O4/c1-8(11(7-13)12(16)19-2)14-9-3-5-10(6-4-9)15(17)18/h3-6,14H,1-2H3. The van der Waals surface area contributed by atoms with Crippen LogP contribution in [0.25, 0.3) is 0 Å². The average molecular weight is 261 g/mol. The van der Waals surface area contributed by atoms with E-state index in [2.05, 4.69) is 10.1 Å². The maximum atomic E-state index is 11.3. The smallest absolute Gasteiger partial charge is 0.350 e. The molecule has 0 aliphatic carbocycles. The SMILES string of the molecule is COC(=O)C(C#N)=C(C)Nc1ccc([N+](=O)[O-])cc1. The van der Waals surface area contributed by atoms with Crippen LogP contribution in [0.3, 0.4) is 0 Å². The molecule has 0 radical (unpaired) electrons. The van der Waals surface area contributed by atoms with Crippen LogP contribution in [0.2, 0.25) is 0 Å². The highest BCUT2D eigenvalue weighted by Crippen LogP contribution is 2.17. The Morgan fingerprint density at radius 2 is 2.00 bits per heavy atom. The summed E-state index contributed by atoms with van der Waals surface area (Å²) in [6.07, 6.45) is 0. The Bertz CT molecular complexity index is 570. The zero-order valence-corrected chi connectivity index (χ0v) is 10.3. The van der Waals surface area contributed by atoms with Gasteiger partial charge in [0.05, 0.1) is 12.0 Å². The number of nitrogens with one attached hydrogen (secondary N) is 1. The summed E-state index contributed by atoms with van der Waals surface area (Å²) in [7, 11) is 1.18. The molecule has 0 aliphatic heterocycles. The Morgan fingerprint density at radius 1 is 1.42 bits per heavy atom. The Labute approximate surface area is 109 Å². The molecule has 0 heterocycles. The molecule has 7 heteroatoms. The predicted molar refractivity (Wildman–Crippen MR) is 67.0 cm³/mol. The van der Waals surface area contributed by atoms with E-state index in [0.29, 0.717) is 11.4 Å². The molecule has 0 saturated carbocycles. The zero-order valence-electron chi connectivity index (χ0n) is 10.3. The number of esters is 1. The number of nitro benzene ring substituents is 1. The number of nitriles is 1. The number of hydrogen-bond acceptors (Lipinski definition) is 6. The van der Waals surface area contributed by atoms with E-state index in [0.717, 1.165) is 0 Å². The fourth-order valence-corrected chi connectivity index (χ4v) is 1.33. The van der Waals surface area contributed by atoms with Gasteiger partial charge in [-0.15, -0.1) is 0 Å². The monoisotopic (exact) mass is 261 g/mol. The van der Waals surface area contributed by atoms with E-state index < -0.39 is 10.9 Å². The van der Waals surface area contributed by atoms with Crippen molar-refractivity contribution in [2.45, 2.75) is 6.92 Å². The van der Waals surface area contributed by atoms with Gasteiger partial charge in [-0.05, 0) is 19.1 Å². The highest BCUT2D eigenvalue weighted by molar-refractivity contribution is 5.94. The quantitative estimate of drug-likeness (QED) is 0.292. The molecule has 1 rings (SSSR count). The van der Waals surface area contributed by atoms with Crippen molar-refractivity contribution < 1.29 is 14.5 Å². The van der Waals surface area contributed by atoms with Gasteiger partial charge in [0, 0.05) is 23.5 Å². The van der Waals surface area contributed by atoms with Gasteiger partial charge in [0.15, 0.2) is 5.57 Å². The molecule has 98 valence electrons. The highest BCUT2D eigenvalue weighted by atomic mass is 16.6. The van der Waals surface area contributed by atoms with E-state index >= 15 is 0 Å². The summed E-state index contributed by atoms with van der Waals surface area (Å²) in [5.74, 6) is -0.741. The molecular formula is C12H11N3O4. The van der Waals surface area contributed by atoms with Crippen molar-refractivity contribution in [1.82, 2.24) is 0 Å². The lowest BCUT2D eigenvalue weighted by Crippen LogP contribution is -2.09. The maximum Gasteiger partial charge on any atom is 0.350 e. The summed E-state index contributed by atoms with van der Waals surface area (Å²) in [6, 6.07) is 7.34. The van der Waals surface area contributed by atoms with Gasteiger partial charge in [0.2, 0.25) is 0 Å². The number of carbonyl (C=O) groups is 1. The second kappa shape index (κ2) is 6.16. The number of methoxy groups -OCH3 is 1. The first-order chi connectivity index (χ1) is 8.99. The van der Waals surface area contributed by atoms with Crippen molar-refractivity contribution >= 4 is 17.3 Å². The largest absolute Gasteiger partial charge is 0.465 e. The van der Waals surface area contributed by atoms with E-state index in [9.17, 15) is 14.9 Å². The number of non-ortho nitro benzene ring substituents is 1. The van der Waals surface area contributed by atoms with Crippen LogP contribution in [0.5, 0.6) is 0 Å². The molecule has 0 spiro atoms. The molecule has 1 N–H and O–H groups in total. The van der Waals surface area contributed by atoms with E-state index in [4.69, 9.17) is 5.26 Å². The number of anilines is 1. The third kappa shape index (κ3) is 3.54. The lowest BCUT2D eigenvalue weighted by atomic mass is 10.2. The third-order valence-corrected chi connectivity index (χ3v) is 2.29. The summed E-state index contributed by atoms with van der Waals surface area (Å²) in [5.41, 5.74) is 0.643. The fourth-order valence-electron chi connectivity index (χ4n) is 1.33. The number of nitrogens with zero attached hydrogens (tertiary/aromatic N) is 2. The van der Waals surface area contributed by atoms with Crippen molar-refractivity contribution in [3.63, 3.8) is 0 Å². The maximum absolute atomic E-state index is 11.3. The molecule has 0 aliphatic rings. The van der Waals surface area contributed by atoms with E-state index in [1.807, 2.05) is 0 Å².